The van der Waals surface area contributed by atoms with Gasteiger partial charge < -0.3 is 14.5 Å². The van der Waals surface area contributed by atoms with Gasteiger partial charge in [0.25, 0.3) is 5.91 Å². The van der Waals surface area contributed by atoms with E-state index in [4.69, 9.17) is 9.15 Å². The highest BCUT2D eigenvalue weighted by Crippen LogP contribution is 2.11. The Morgan fingerprint density at radius 2 is 1.79 bits per heavy atom. The number of benzene rings is 2. The Bertz CT molecular complexity index is 936. The molecule has 2 amide bonds. The van der Waals surface area contributed by atoms with Crippen LogP contribution in [-0.4, -0.2) is 31.2 Å². The third kappa shape index (κ3) is 6.66. The van der Waals surface area contributed by atoms with Gasteiger partial charge in [0, 0.05) is 6.54 Å². The lowest BCUT2D eigenvalue weighted by atomic mass is 10.1. The number of hydrazone groups is 1. The van der Waals surface area contributed by atoms with Crippen LogP contribution in [0.3, 0.4) is 0 Å². The highest BCUT2D eigenvalue weighted by molar-refractivity contribution is 5.92. The molecule has 0 aliphatic heterocycles. The predicted molar refractivity (Wildman–Crippen MR) is 109 cm³/mol. The lowest BCUT2D eigenvalue weighted by Crippen LogP contribution is -2.30. The second-order valence-corrected chi connectivity index (χ2v) is 6.12. The van der Waals surface area contributed by atoms with Crippen molar-refractivity contribution in [2.75, 3.05) is 13.2 Å². The molecule has 0 spiro atoms. The Morgan fingerprint density at radius 3 is 2.52 bits per heavy atom. The fourth-order valence-electron chi connectivity index (χ4n) is 2.47. The minimum absolute atomic E-state index is 0.0541. The summed E-state index contributed by atoms with van der Waals surface area (Å²) in [6, 6.07) is 20.1. The minimum atomic E-state index is -0.426. The molecule has 1 heterocycles. The van der Waals surface area contributed by atoms with Crippen LogP contribution in [0.15, 0.2) is 82.5 Å². The third-order valence-corrected chi connectivity index (χ3v) is 3.95. The van der Waals surface area contributed by atoms with E-state index in [-0.39, 0.29) is 18.3 Å². The Labute approximate surface area is 168 Å². The third-order valence-electron chi connectivity index (χ3n) is 3.95. The number of hydrogen-bond donors (Lipinski definition) is 2. The maximum atomic E-state index is 11.9. The standard InChI is InChI=1S/C22H21N3O4/c26-21(23-13-12-17-5-2-1-3-6-17)16-29-19-10-8-18(9-11-19)15-24-25-22(27)20-7-4-14-28-20/h1-11,14-15H,12-13,16H2,(H,23,26)(H,25,27)/b24-15+. The SMILES string of the molecule is O=C(COc1ccc(/C=N/NC(=O)c2ccco2)cc1)NCCc1ccccc1. The van der Waals surface area contributed by atoms with Gasteiger partial charge in [-0.15, -0.1) is 0 Å². The summed E-state index contributed by atoms with van der Waals surface area (Å²) in [6.07, 6.45) is 3.69. The molecule has 0 unspecified atom stereocenters. The first kappa shape index (κ1) is 19.9. The summed E-state index contributed by atoms with van der Waals surface area (Å²) < 4.78 is 10.5. The number of carbonyl (C=O) groups excluding carboxylic acids is 2. The van der Waals surface area contributed by atoms with Crippen LogP contribution in [0.4, 0.5) is 0 Å². The summed E-state index contributed by atoms with van der Waals surface area (Å²) in [4.78, 5) is 23.5. The number of hydrogen-bond acceptors (Lipinski definition) is 5. The van der Waals surface area contributed by atoms with E-state index >= 15 is 0 Å². The first-order chi connectivity index (χ1) is 14.2. The lowest BCUT2D eigenvalue weighted by Gasteiger charge is -2.08. The molecule has 3 aromatic rings. The number of nitrogens with one attached hydrogen (secondary N) is 2. The second kappa shape index (κ2) is 10.5. The maximum absolute atomic E-state index is 11.9. The molecule has 0 saturated carbocycles. The molecule has 0 saturated heterocycles. The van der Waals surface area contributed by atoms with Crippen LogP contribution in [0, 0.1) is 0 Å². The first-order valence-corrected chi connectivity index (χ1v) is 9.11. The van der Waals surface area contributed by atoms with Crippen molar-refractivity contribution in [2.45, 2.75) is 6.42 Å². The molecular formula is C22H21N3O4. The smallest absolute Gasteiger partial charge is 0.307 e. The fraction of sp³-hybridized carbons (Fsp3) is 0.136. The van der Waals surface area contributed by atoms with E-state index in [0.29, 0.717) is 12.3 Å². The Morgan fingerprint density at radius 1 is 1.00 bits per heavy atom. The average molecular weight is 391 g/mol. The molecule has 0 aliphatic rings. The summed E-state index contributed by atoms with van der Waals surface area (Å²) >= 11 is 0. The van der Waals surface area contributed by atoms with Crippen LogP contribution in [0.25, 0.3) is 0 Å². The highest BCUT2D eigenvalue weighted by atomic mass is 16.5. The molecule has 7 heteroatoms. The molecule has 2 N–H and O–H groups in total. The van der Waals surface area contributed by atoms with Crippen molar-refractivity contribution in [1.82, 2.24) is 10.7 Å². The van der Waals surface area contributed by atoms with Gasteiger partial charge >= 0.3 is 5.91 Å². The van der Waals surface area contributed by atoms with Crippen molar-refractivity contribution >= 4 is 18.0 Å². The zero-order valence-electron chi connectivity index (χ0n) is 15.7. The molecule has 7 nitrogen and oxygen atoms in total. The molecule has 0 bridgehead atoms. The summed E-state index contributed by atoms with van der Waals surface area (Å²) in [6.45, 7) is 0.507. The molecule has 29 heavy (non-hydrogen) atoms. The fourth-order valence-corrected chi connectivity index (χ4v) is 2.47. The molecule has 0 radical (unpaired) electrons. The van der Waals surface area contributed by atoms with Crippen molar-refractivity contribution < 1.29 is 18.7 Å². The number of ether oxygens (including phenoxy) is 1. The Hall–Kier alpha value is -3.87. The van der Waals surface area contributed by atoms with Gasteiger partial charge in [0.2, 0.25) is 0 Å². The monoisotopic (exact) mass is 391 g/mol. The summed E-state index contributed by atoms with van der Waals surface area (Å²) in [7, 11) is 0. The highest BCUT2D eigenvalue weighted by Gasteiger charge is 2.06. The molecule has 0 aliphatic carbocycles. The van der Waals surface area contributed by atoms with Crippen LogP contribution < -0.4 is 15.5 Å². The van der Waals surface area contributed by atoms with Gasteiger partial charge in [-0.25, -0.2) is 5.43 Å². The number of nitrogens with zero attached hydrogens (tertiary/aromatic N) is 1. The van der Waals surface area contributed by atoms with Crippen molar-refractivity contribution in [3.8, 4) is 5.75 Å². The average Bonchev–Trinajstić information content (AvgIpc) is 3.29. The van der Waals surface area contributed by atoms with Gasteiger partial charge in [-0.3, -0.25) is 9.59 Å². The molecular weight excluding hydrogens is 370 g/mol. The van der Waals surface area contributed by atoms with E-state index in [2.05, 4.69) is 15.8 Å². The van der Waals surface area contributed by atoms with Crippen LogP contribution in [-0.2, 0) is 11.2 Å². The van der Waals surface area contributed by atoms with Crippen LogP contribution in [0.1, 0.15) is 21.7 Å². The molecule has 0 fully saturated rings. The van der Waals surface area contributed by atoms with Crippen LogP contribution in [0.2, 0.25) is 0 Å². The van der Waals surface area contributed by atoms with Gasteiger partial charge in [0.1, 0.15) is 5.75 Å². The van der Waals surface area contributed by atoms with Crippen molar-refractivity contribution in [3.63, 3.8) is 0 Å². The number of rotatable bonds is 9. The Balaban J connectivity index is 1.37. The zero-order valence-corrected chi connectivity index (χ0v) is 15.7. The molecule has 0 atom stereocenters. The lowest BCUT2D eigenvalue weighted by molar-refractivity contribution is -0.123. The molecule has 3 rings (SSSR count). The topological polar surface area (TPSA) is 92.9 Å². The number of furan rings is 1. The van der Waals surface area contributed by atoms with E-state index in [0.717, 1.165) is 12.0 Å². The predicted octanol–water partition coefficient (Wildman–Crippen LogP) is 2.78. The zero-order chi connectivity index (χ0) is 20.3. The van der Waals surface area contributed by atoms with E-state index in [1.807, 2.05) is 30.3 Å². The van der Waals surface area contributed by atoms with Crippen molar-refractivity contribution in [2.24, 2.45) is 5.10 Å². The van der Waals surface area contributed by atoms with E-state index in [1.54, 1.807) is 36.4 Å². The second-order valence-electron chi connectivity index (χ2n) is 6.12. The van der Waals surface area contributed by atoms with Gasteiger partial charge in [-0.2, -0.15) is 5.10 Å². The largest absolute Gasteiger partial charge is 0.484 e. The normalized spacial score (nSPS) is 10.6. The van der Waals surface area contributed by atoms with Gasteiger partial charge in [0.05, 0.1) is 12.5 Å². The molecule has 2 aromatic carbocycles. The van der Waals surface area contributed by atoms with Gasteiger partial charge in [0.15, 0.2) is 12.4 Å². The van der Waals surface area contributed by atoms with E-state index in [9.17, 15) is 9.59 Å². The Kier molecular flexibility index (Phi) is 7.17. The summed E-state index contributed by atoms with van der Waals surface area (Å²) in [5.41, 5.74) is 4.31. The minimum Gasteiger partial charge on any atom is -0.484 e. The number of amides is 2. The van der Waals surface area contributed by atoms with Crippen molar-refractivity contribution in [3.05, 3.63) is 89.9 Å². The van der Waals surface area contributed by atoms with Crippen LogP contribution >= 0.6 is 0 Å². The van der Waals surface area contributed by atoms with Gasteiger partial charge in [-0.05, 0) is 53.9 Å². The van der Waals surface area contributed by atoms with Gasteiger partial charge in [-0.1, -0.05) is 30.3 Å². The summed E-state index contributed by atoms with van der Waals surface area (Å²) in [5, 5.41) is 6.70. The molecule has 148 valence electrons. The number of carbonyl (C=O) groups is 2. The van der Waals surface area contributed by atoms with Crippen molar-refractivity contribution in [1.29, 1.82) is 0 Å². The summed E-state index contributed by atoms with van der Waals surface area (Å²) in [5.74, 6) is 0.157. The van der Waals surface area contributed by atoms with Crippen LogP contribution in [0.5, 0.6) is 5.75 Å². The van der Waals surface area contributed by atoms with E-state index < -0.39 is 5.91 Å². The van der Waals surface area contributed by atoms with E-state index in [1.165, 1.54) is 18.0 Å². The first-order valence-electron chi connectivity index (χ1n) is 9.11. The molecule has 1 aromatic heterocycles. The maximum Gasteiger partial charge on any atom is 0.307 e. The quantitative estimate of drug-likeness (QED) is 0.433.